The molecule has 21 heavy (non-hydrogen) atoms. The van der Waals surface area contributed by atoms with Gasteiger partial charge in [0, 0.05) is 12.2 Å². The second-order valence-electron chi connectivity index (χ2n) is 4.40. The van der Waals surface area contributed by atoms with Gasteiger partial charge in [-0.1, -0.05) is 0 Å². The molecule has 8 heteroatoms. The Morgan fingerprint density at radius 1 is 1.14 bits per heavy atom. The predicted octanol–water partition coefficient (Wildman–Crippen LogP) is 0.756. The number of carbonyl (C=O) groups excluding carboxylic acids is 2. The summed E-state index contributed by atoms with van der Waals surface area (Å²) in [6.45, 7) is 0. The molecule has 2 N–H and O–H groups in total. The van der Waals surface area contributed by atoms with E-state index in [0.717, 1.165) is 0 Å². The van der Waals surface area contributed by atoms with Crippen molar-refractivity contribution in [3.05, 3.63) is 29.3 Å². The molecule has 1 aromatic rings. The minimum absolute atomic E-state index is 0.124. The molecule has 0 unspecified atom stereocenters. The maximum atomic E-state index is 11.7. The van der Waals surface area contributed by atoms with Crippen LogP contribution in [0.5, 0.6) is 0 Å². The van der Waals surface area contributed by atoms with E-state index in [1.807, 2.05) is 0 Å². The monoisotopic (exact) mass is 313 g/mol. The summed E-state index contributed by atoms with van der Waals surface area (Å²) < 4.78 is 10.5. The number of hydrogen-bond donors (Lipinski definition) is 2. The number of carbonyl (C=O) groups is 2. The van der Waals surface area contributed by atoms with Crippen molar-refractivity contribution in [2.75, 3.05) is 24.3 Å². The molecule has 114 valence electrons. The summed E-state index contributed by atoms with van der Waals surface area (Å²) in [5.74, 6) is -2.80. The molecule has 7 nitrogen and oxygen atoms in total. The van der Waals surface area contributed by atoms with Gasteiger partial charge in [0.2, 0.25) is 0 Å². The third-order valence-electron chi connectivity index (χ3n) is 2.98. The van der Waals surface area contributed by atoms with Gasteiger partial charge in [-0.05, 0) is 30.1 Å². The SMILES string of the molecule is COC(=O)c1cc(C(=O)OC)cc(N2SCCC2(O)O)c1. The topological polar surface area (TPSA) is 96.3 Å². The van der Waals surface area contributed by atoms with Crippen molar-refractivity contribution in [2.24, 2.45) is 0 Å². The third kappa shape index (κ3) is 3.12. The first-order valence-electron chi connectivity index (χ1n) is 6.08. The zero-order chi connectivity index (χ0) is 15.6. The summed E-state index contributed by atoms with van der Waals surface area (Å²) in [5.41, 5.74) is 0.559. The fourth-order valence-electron chi connectivity index (χ4n) is 1.96. The maximum Gasteiger partial charge on any atom is 0.337 e. The second kappa shape index (κ2) is 5.92. The molecule has 0 saturated carbocycles. The van der Waals surface area contributed by atoms with Crippen LogP contribution in [0.25, 0.3) is 0 Å². The fraction of sp³-hybridized carbons (Fsp3) is 0.385. The zero-order valence-corrected chi connectivity index (χ0v) is 12.3. The number of benzene rings is 1. The molecule has 0 radical (unpaired) electrons. The van der Waals surface area contributed by atoms with Crippen molar-refractivity contribution >= 4 is 29.6 Å². The largest absolute Gasteiger partial charge is 0.465 e. The van der Waals surface area contributed by atoms with Crippen LogP contribution in [0.3, 0.4) is 0 Å². The Morgan fingerprint density at radius 2 is 1.67 bits per heavy atom. The molecular formula is C13H15NO6S. The molecule has 1 aliphatic rings. The lowest BCUT2D eigenvalue weighted by Crippen LogP contribution is -2.40. The van der Waals surface area contributed by atoms with Gasteiger partial charge in [-0.25, -0.2) is 9.59 Å². The van der Waals surface area contributed by atoms with Gasteiger partial charge in [-0.2, -0.15) is 0 Å². The first-order chi connectivity index (χ1) is 9.89. The summed E-state index contributed by atoms with van der Waals surface area (Å²) in [7, 11) is 2.44. The number of rotatable bonds is 3. The van der Waals surface area contributed by atoms with Gasteiger partial charge in [-0.15, -0.1) is 0 Å². The summed E-state index contributed by atoms with van der Waals surface area (Å²) >= 11 is 1.19. The van der Waals surface area contributed by atoms with Crippen LogP contribution in [-0.4, -0.2) is 48.0 Å². The Balaban J connectivity index is 2.49. The summed E-state index contributed by atoms with van der Waals surface area (Å²) in [5, 5.41) is 19.8. The van der Waals surface area contributed by atoms with Crippen molar-refractivity contribution in [1.82, 2.24) is 0 Å². The van der Waals surface area contributed by atoms with Crippen LogP contribution in [0.4, 0.5) is 5.69 Å². The normalized spacial score (nSPS) is 16.7. The van der Waals surface area contributed by atoms with Crippen LogP contribution in [0.1, 0.15) is 27.1 Å². The highest BCUT2D eigenvalue weighted by molar-refractivity contribution is 8.00. The van der Waals surface area contributed by atoms with Crippen LogP contribution < -0.4 is 4.31 Å². The molecule has 0 spiro atoms. The van der Waals surface area contributed by atoms with Gasteiger partial charge in [0.05, 0.1) is 31.0 Å². The first-order valence-corrected chi connectivity index (χ1v) is 7.03. The van der Waals surface area contributed by atoms with Crippen molar-refractivity contribution in [2.45, 2.75) is 12.3 Å². The predicted molar refractivity (Wildman–Crippen MR) is 75.8 cm³/mol. The molecule has 1 saturated heterocycles. The molecule has 0 atom stereocenters. The highest BCUT2D eigenvalue weighted by Crippen LogP contribution is 2.38. The lowest BCUT2D eigenvalue weighted by Gasteiger charge is -2.28. The molecule has 0 aromatic heterocycles. The molecule has 1 fully saturated rings. The summed E-state index contributed by atoms with van der Waals surface area (Å²) in [4.78, 5) is 23.4. The number of hydrogen-bond acceptors (Lipinski definition) is 8. The average molecular weight is 313 g/mol. The van der Waals surface area contributed by atoms with Gasteiger partial charge in [-0.3, -0.25) is 4.31 Å². The molecular weight excluding hydrogens is 298 g/mol. The molecule has 0 amide bonds. The first kappa shape index (κ1) is 15.6. The van der Waals surface area contributed by atoms with E-state index in [4.69, 9.17) is 0 Å². The number of methoxy groups -OCH3 is 2. The van der Waals surface area contributed by atoms with E-state index < -0.39 is 17.8 Å². The second-order valence-corrected chi connectivity index (χ2v) is 5.44. The Kier molecular flexibility index (Phi) is 4.40. The van der Waals surface area contributed by atoms with Crippen molar-refractivity contribution in [3.8, 4) is 0 Å². The highest BCUT2D eigenvalue weighted by atomic mass is 32.2. The van der Waals surface area contributed by atoms with Gasteiger partial charge in [0.25, 0.3) is 5.91 Å². The lowest BCUT2D eigenvalue weighted by atomic mass is 10.1. The van der Waals surface area contributed by atoms with Gasteiger partial charge < -0.3 is 19.7 Å². The smallest absolute Gasteiger partial charge is 0.337 e. The van der Waals surface area contributed by atoms with Crippen molar-refractivity contribution in [3.63, 3.8) is 0 Å². The van der Waals surface area contributed by atoms with E-state index in [1.165, 1.54) is 48.7 Å². The molecule has 1 aliphatic heterocycles. The lowest BCUT2D eigenvalue weighted by molar-refractivity contribution is -0.143. The summed E-state index contributed by atoms with van der Waals surface area (Å²) in [6, 6.07) is 4.19. The zero-order valence-electron chi connectivity index (χ0n) is 11.5. The number of esters is 2. The molecule has 0 bridgehead atoms. The quantitative estimate of drug-likeness (QED) is 0.479. The highest BCUT2D eigenvalue weighted by Gasteiger charge is 2.39. The molecule has 1 aromatic carbocycles. The third-order valence-corrected chi connectivity index (χ3v) is 4.13. The van der Waals surface area contributed by atoms with Gasteiger partial charge in [0.15, 0.2) is 0 Å². The minimum Gasteiger partial charge on any atom is -0.465 e. The van der Waals surface area contributed by atoms with Crippen LogP contribution >= 0.6 is 11.9 Å². The average Bonchev–Trinajstić information content (AvgIpc) is 2.84. The fourth-order valence-corrected chi connectivity index (χ4v) is 3.06. The maximum absolute atomic E-state index is 11.7. The number of aliphatic hydroxyl groups is 2. The van der Waals surface area contributed by atoms with E-state index in [-0.39, 0.29) is 17.5 Å². The summed E-state index contributed by atoms with van der Waals surface area (Å²) in [6.07, 6.45) is 0.147. The Morgan fingerprint density at radius 3 is 2.05 bits per heavy atom. The minimum atomic E-state index is -2.03. The van der Waals surface area contributed by atoms with Crippen molar-refractivity contribution < 1.29 is 29.3 Å². The van der Waals surface area contributed by atoms with Gasteiger partial charge in [0.1, 0.15) is 0 Å². The molecule has 1 heterocycles. The van der Waals surface area contributed by atoms with Crippen LogP contribution in [-0.2, 0) is 9.47 Å². The Labute approximate surface area is 125 Å². The Bertz CT molecular complexity index is 540. The standard InChI is InChI=1S/C13H15NO6S/c1-19-11(15)8-5-9(12(16)20-2)7-10(6-8)14-13(17,18)3-4-21-14/h5-7,17-18H,3-4H2,1-2H3. The number of nitrogens with zero attached hydrogens (tertiary/aromatic N) is 1. The van der Waals surface area contributed by atoms with Crippen LogP contribution in [0, 0.1) is 0 Å². The Hall–Kier alpha value is -1.77. The van der Waals surface area contributed by atoms with E-state index in [2.05, 4.69) is 9.47 Å². The van der Waals surface area contributed by atoms with Crippen molar-refractivity contribution in [1.29, 1.82) is 0 Å². The van der Waals surface area contributed by atoms with E-state index in [9.17, 15) is 19.8 Å². The number of anilines is 1. The van der Waals surface area contributed by atoms with E-state index >= 15 is 0 Å². The van der Waals surface area contributed by atoms with E-state index in [0.29, 0.717) is 11.4 Å². The van der Waals surface area contributed by atoms with E-state index in [1.54, 1.807) is 0 Å². The molecule has 0 aliphatic carbocycles. The van der Waals surface area contributed by atoms with Gasteiger partial charge >= 0.3 is 11.9 Å². The van der Waals surface area contributed by atoms with Crippen LogP contribution in [0.2, 0.25) is 0 Å². The number of ether oxygens (including phenoxy) is 2. The van der Waals surface area contributed by atoms with Crippen LogP contribution in [0.15, 0.2) is 18.2 Å². The molecule has 2 rings (SSSR count).